The van der Waals surface area contributed by atoms with Crippen LogP contribution < -0.4 is 15.6 Å². The van der Waals surface area contributed by atoms with Crippen LogP contribution in [0.5, 0.6) is 11.5 Å². The number of rotatable bonds is 5. The summed E-state index contributed by atoms with van der Waals surface area (Å²) in [6, 6.07) is 9.24. The van der Waals surface area contributed by atoms with Gasteiger partial charge >= 0.3 is 0 Å². The quantitative estimate of drug-likeness (QED) is 0.716. The highest BCUT2D eigenvalue weighted by molar-refractivity contribution is 5.39. The van der Waals surface area contributed by atoms with Crippen molar-refractivity contribution in [1.29, 1.82) is 0 Å². The van der Waals surface area contributed by atoms with Gasteiger partial charge in [-0.1, -0.05) is 6.07 Å². The predicted octanol–water partition coefficient (Wildman–Crippen LogP) is 3.15. The van der Waals surface area contributed by atoms with Gasteiger partial charge in [-0.25, -0.2) is 8.78 Å². The van der Waals surface area contributed by atoms with Gasteiger partial charge in [0.05, 0.1) is 7.11 Å². The highest BCUT2D eigenvalue weighted by Gasteiger charge is 2.39. The number of halogens is 2. The normalized spacial score (nSPS) is 25.3. The van der Waals surface area contributed by atoms with Crippen molar-refractivity contribution in [2.75, 3.05) is 26.7 Å². The van der Waals surface area contributed by atoms with Gasteiger partial charge in [-0.2, -0.15) is 0 Å². The summed E-state index contributed by atoms with van der Waals surface area (Å²) in [5, 5.41) is 10.2. The van der Waals surface area contributed by atoms with Crippen LogP contribution in [0.4, 0.5) is 8.78 Å². The lowest BCUT2D eigenvalue weighted by molar-refractivity contribution is 0.138. The molecule has 2 aliphatic rings. The van der Waals surface area contributed by atoms with E-state index < -0.39 is 11.6 Å². The molecule has 2 aromatic rings. The Morgan fingerprint density at radius 2 is 2.00 bits per heavy atom. The van der Waals surface area contributed by atoms with E-state index in [1.54, 1.807) is 19.2 Å². The van der Waals surface area contributed by atoms with Crippen LogP contribution in [0.3, 0.4) is 0 Å². The zero-order valence-electron chi connectivity index (χ0n) is 16.5. The number of hydrogen-bond acceptors (Lipinski definition) is 5. The van der Waals surface area contributed by atoms with Crippen molar-refractivity contribution in [3.8, 4) is 11.5 Å². The van der Waals surface area contributed by atoms with Crippen LogP contribution in [0.2, 0.25) is 0 Å². The molecule has 0 radical (unpaired) electrons. The molecule has 3 atom stereocenters. The zero-order valence-corrected chi connectivity index (χ0v) is 16.5. The summed E-state index contributed by atoms with van der Waals surface area (Å²) >= 11 is 0. The van der Waals surface area contributed by atoms with E-state index in [1.165, 1.54) is 18.2 Å². The molecule has 0 aromatic heterocycles. The molecule has 4 rings (SSSR count). The third kappa shape index (κ3) is 4.22. The second-order valence-corrected chi connectivity index (χ2v) is 7.92. The second-order valence-electron chi connectivity index (χ2n) is 7.92. The van der Waals surface area contributed by atoms with Crippen LogP contribution in [0.15, 0.2) is 36.4 Å². The van der Waals surface area contributed by atoms with Crippen molar-refractivity contribution in [3.63, 3.8) is 0 Å². The molecule has 2 heterocycles. The highest BCUT2D eigenvalue weighted by Crippen LogP contribution is 2.35. The van der Waals surface area contributed by atoms with Gasteiger partial charge in [-0.15, -0.1) is 0 Å². The van der Waals surface area contributed by atoms with Crippen LogP contribution >= 0.6 is 0 Å². The second kappa shape index (κ2) is 8.65. The number of methoxy groups -OCH3 is 1. The SMILES string of the molecule is COc1ccc(O)c(CN2CCCC(C3NNCC3c3c(F)cccc3F)C2)c1. The van der Waals surface area contributed by atoms with E-state index >= 15 is 0 Å². The lowest BCUT2D eigenvalue weighted by Crippen LogP contribution is -2.46. The summed E-state index contributed by atoms with van der Waals surface area (Å²) in [6.45, 7) is 2.82. The van der Waals surface area contributed by atoms with Crippen molar-refractivity contribution in [3.05, 3.63) is 59.2 Å². The minimum absolute atomic E-state index is 0.0527. The third-order valence-electron chi connectivity index (χ3n) is 6.13. The van der Waals surface area contributed by atoms with Gasteiger partial charge in [0.2, 0.25) is 0 Å². The molecule has 0 bridgehead atoms. The maximum atomic E-state index is 14.4. The van der Waals surface area contributed by atoms with Crippen molar-refractivity contribution in [2.24, 2.45) is 5.92 Å². The van der Waals surface area contributed by atoms with Crippen molar-refractivity contribution in [1.82, 2.24) is 15.8 Å². The first-order valence-electron chi connectivity index (χ1n) is 10.1. The molecule has 2 saturated heterocycles. The number of benzene rings is 2. The topological polar surface area (TPSA) is 56.8 Å². The standard InChI is InChI=1S/C22H27F2N3O2/c1-29-16-7-8-20(28)15(10-16)13-27-9-3-4-14(12-27)22-17(11-25-26-22)21-18(23)5-2-6-19(21)24/h2,5-8,10,14,17,22,25-26,28H,3-4,9,11-13H2,1H3. The maximum Gasteiger partial charge on any atom is 0.129 e. The number of phenols is 1. The molecule has 5 nitrogen and oxygen atoms in total. The Kier molecular flexibility index (Phi) is 5.99. The molecule has 3 N–H and O–H groups in total. The molecule has 0 saturated carbocycles. The number of aromatic hydroxyl groups is 1. The van der Waals surface area contributed by atoms with Gasteiger partial charge in [-0.3, -0.25) is 15.8 Å². The van der Waals surface area contributed by atoms with E-state index in [9.17, 15) is 13.9 Å². The molecule has 0 aliphatic carbocycles. The van der Waals surface area contributed by atoms with Crippen molar-refractivity contribution < 1.29 is 18.6 Å². The van der Waals surface area contributed by atoms with Gasteiger partial charge < -0.3 is 9.84 Å². The number of likely N-dealkylation sites (tertiary alicyclic amines) is 1. The summed E-state index contributed by atoms with van der Waals surface area (Å²) in [4.78, 5) is 2.29. The van der Waals surface area contributed by atoms with Gasteiger partial charge in [0.25, 0.3) is 0 Å². The Morgan fingerprint density at radius 1 is 1.21 bits per heavy atom. The predicted molar refractivity (Wildman–Crippen MR) is 107 cm³/mol. The molecule has 2 aliphatic heterocycles. The molecule has 7 heteroatoms. The van der Waals surface area contributed by atoms with Crippen LogP contribution in [0, 0.1) is 17.6 Å². The van der Waals surface area contributed by atoms with E-state index in [0.717, 1.165) is 31.5 Å². The lowest BCUT2D eigenvalue weighted by Gasteiger charge is -2.37. The summed E-state index contributed by atoms with van der Waals surface area (Å²) < 4.78 is 34.0. The third-order valence-corrected chi connectivity index (χ3v) is 6.13. The first-order chi connectivity index (χ1) is 14.1. The molecular weight excluding hydrogens is 376 g/mol. The van der Waals surface area contributed by atoms with E-state index in [1.807, 2.05) is 6.07 Å². The molecule has 0 amide bonds. The Bertz CT molecular complexity index is 844. The number of piperidine rings is 1. The molecule has 2 aromatic carbocycles. The zero-order chi connectivity index (χ0) is 20.4. The summed E-state index contributed by atoms with van der Waals surface area (Å²) in [7, 11) is 1.60. The average Bonchev–Trinajstić information content (AvgIpc) is 3.19. The number of nitrogens with zero attached hydrogens (tertiary/aromatic N) is 1. The fourth-order valence-electron chi connectivity index (χ4n) is 4.69. The summed E-state index contributed by atoms with van der Waals surface area (Å²) in [5.74, 6) is -0.0242. The fourth-order valence-corrected chi connectivity index (χ4v) is 4.69. The smallest absolute Gasteiger partial charge is 0.129 e. The lowest BCUT2D eigenvalue weighted by atomic mass is 9.80. The van der Waals surface area contributed by atoms with E-state index in [0.29, 0.717) is 18.8 Å². The van der Waals surface area contributed by atoms with Crippen molar-refractivity contribution >= 4 is 0 Å². The molecule has 0 spiro atoms. The first kappa shape index (κ1) is 20.1. The Morgan fingerprint density at radius 3 is 2.76 bits per heavy atom. The monoisotopic (exact) mass is 403 g/mol. The van der Waals surface area contributed by atoms with E-state index in [2.05, 4.69) is 15.8 Å². The van der Waals surface area contributed by atoms with Crippen LogP contribution in [0.1, 0.15) is 29.9 Å². The molecule has 156 valence electrons. The Balaban J connectivity index is 1.49. The first-order valence-corrected chi connectivity index (χ1v) is 10.1. The van der Waals surface area contributed by atoms with Crippen LogP contribution in [0.25, 0.3) is 0 Å². The molecule has 3 unspecified atom stereocenters. The van der Waals surface area contributed by atoms with Gasteiger partial charge in [0.1, 0.15) is 23.1 Å². The molecular formula is C22H27F2N3O2. The number of hydrogen-bond donors (Lipinski definition) is 3. The van der Waals surface area contributed by atoms with Gasteiger partial charge in [-0.05, 0) is 55.6 Å². The number of ether oxygens (including phenoxy) is 1. The average molecular weight is 403 g/mol. The van der Waals surface area contributed by atoms with Crippen LogP contribution in [-0.2, 0) is 6.54 Å². The Labute approximate surface area is 169 Å². The largest absolute Gasteiger partial charge is 0.508 e. The van der Waals surface area contributed by atoms with Gasteiger partial charge in [0.15, 0.2) is 0 Å². The summed E-state index contributed by atoms with van der Waals surface area (Å²) in [6.07, 6.45) is 1.99. The minimum Gasteiger partial charge on any atom is -0.508 e. The molecule has 29 heavy (non-hydrogen) atoms. The highest BCUT2D eigenvalue weighted by atomic mass is 19.1. The van der Waals surface area contributed by atoms with Gasteiger partial charge in [0, 0.05) is 42.7 Å². The van der Waals surface area contributed by atoms with Crippen molar-refractivity contribution in [2.45, 2.75) is 31.3 Å². The van der Waals surface area contributed by atoms with E-state index in [-0.39, 0.29) is 29.2 Å². The maximum absolute atomic E-state index is 14.4. The minimum atomic E-state index is -0.487. The number of hydrazine groups is 1. The summed E-state index contributed by atoms with van der Waals surface area (Å²) in [5.41, 5.74) is 7.35. The number of phenolic OH excluding ortho intramolecular Hbond substituents is 1. The van der Waals surface area contributed by atoms with Crippen LogP contribution in [-0.4, -0.2) is 42.8 Å². The number of nitrogens with one attached hydrogen (secondary N) is 2. The molecule has 2 fully saturated rings. The Hall–Kier alpha value is -2.22. The van der Waals surface area contributed by atoms with E-state index in [4.69, 9.17) is 4.74 Å². The fraction of sp³-hybridized carbons (Fsp3) is 0.455.